The molecule has 1 aliphatic heterocycles. The highest BCUT2D eigenvalue weighted by molar-refractivity contribution is 5.93. The third-order valence-electron chi connectivity index (χ3n) is 6.52. The number of H-pyrrole nitrogens is 2. The number of nitrogens with zero attached hydrogens (tertiary/aromatic N) is 7. The average Bonchev–Trinajstić information content (AvgIpc) is 3.51. The molecule has 35 heavy (non-hydrogen) atoms. The normalized spacial score (nSPS) is 14.9. The van der Waals surface area contributed by atoms with Crippen LogP contribution in [0.2, 0.25) is 0 Å². The molecule has 0 aliphatic carbocycles. The zero-order valence-corrected chi connectivity index (χ0v) is 19.9. The van der Waals surface area contributed by atoms with E-state index in [9.17, 15) is 0 Å². The van der Waals surface area contributed by atoms with Gasteiger partial charge in [-0.05, 0) is 43.4 Å². The number of likely N-dealkylation sites (N-methyl/N-ethyl adjacent to an activating group) is 1. The van der Waals surface area contributed by atoms with E-state index in [1.54, 1.807) is 0 Å². The molecule has 10 heteroatoms. The summed E-state index contributed by atoms with van der Waals surface area (Å²) >= 11 is 0. The van der Waals surface area contributed by atoms with Crippen LogP contribution in [-0.2, 0) is 6.54 Å². The summed E-state index contributed by atoms with van der Waals surface area (Å²) in [5.41, 5.74) is 7.98. The minimum absolute atomic E-state index is 0.656. The zero-order chi connectivity index (χ0) is 23.8. The Kier molecular flexibility index (Phi) is 5.59. The molecule has 0 radical (unpaired) electrons. The minimum Gasteiger partial charge on any atom is -0.367 e. The quantitative estimate of drug-likeness (QED) is 0.349. The largest absolute Gasteiger partial charge is 0.367 e. The highest BCUT2D eigenvalue weighted by Gasteiger charge is 2.21. The van der Waals surface area contributed by atoms with Gasteiger partial charge < -0.3 is 20.1 Å². The Hall–Kier alpha value is -3.89. The van der Waals surface area contributed by atoms with Crippen LogP contribution in [0.5, 0.6) is 0 Å². The lowest BCUT2D eigenvalue weighted by Gasteiger charge is -2.34. The standard InChI is InChI=1S/C25H28N10/c1-3-26-13-16-12-17(15-27-14-16)18-4-5-19-21(29-18)23(33-32-19)25-30-22-20(6-7-28-24(22)31-25)35-10-8-34(2)9-11-35/h4-7,12,14-15,26H,3,8-11,13H2,1-2H3,(H,32,33)(H,28,30,31). The Labute approximate surface area is 202 Å². The van der Waals surface area contributed by atoms with Gasteiger partial charge in [-0.2, -0.15) is 5.10 Å². The summed E-state index contributed by atoms with van der Waals surface area (Å²) in [5.74, 6) is 0.656. The molecule has 0 aromatic carbocycles. The van der Waals surface area contributed by atoms with Crippen molar-refractivity contribution in [1.82, 2.24) is 45.3 Å². The maximum atomic E-state index is 4.94. The van der Waals surface area contributed by atoms with Gasteiger partial charge >= 0.3 is 0 Å². The van der Waals surface area contributed by atoms with Crippen molar-refractivity contribution in [3.05, 3.63) is 48.4 Å². The second-order valence-corrected chi connectivity index (χ2v) is 8.93. The number of fused-ring (bicyclic) bond motifs is 2. The van der Waals surface area contributed by atoms with Gasteiger partial charge in [0, 0.05) is 56.9 Å². The number of aromatic nitrogens is 7. The van der Waals surface area contributed by atoms with E-state index < -0.39 is 0 Å². The molecule has 0 spiro atoms. The van der Waals surface area contributed by atoms with E-state index in [-0.39, 0.29) is 0 Å². The molecule has 1 aliphatic rings. The Balaban J connectivity index is 1.38. The number of hydrogen-bond donors (Lipinski definition) is 3. The monoisotopic (exact) mass is 468 g/mol. The number of anilines is 1. The first kappa shape index (κ1) is 21.6. The van der Waals surface area contributed by atoms with E-state index in [2.05, 4.69) is 66.4 Å². The van der Waals surface area contributed by atoms with Crippen molar-refractivity contribution in [2.24, 2.45) is 0 Å². The van der Waals surface area contributed by atoms with Crippen LogP contribution < -0.4 is 10.2 Å². The van der Waals surface area contributed by atoms with Gasteiger partial charge in [0.2, 0.25) is 0 Å². The number of pyridine rings is 3. The average molecular weight is 469 g/mol. The summed E-state index contributed by atoms with van der Waals surface area (Å²) in [6, 6.07) is 8.17. The number of aromatic amines is 2. The second-order valence-electron chi connectivity index (χ2n) is 8.93. The van der Waals surface area contributed by atoms with Crippen LogP contribution >= 0.6 is 0 Å². The summed E-state index contributed by atoms with van der Waals surface area (Å²) < 4.78 is 0. The summed E-state index contributed by atoms with van der Waals surface area (Å²) in [6.45, 7) is 7.79. The van der Waals surface area contributed by atoms with E-state index >= 15 is 0 Å². The number of nitrogens with one attached hydrogen (secondary N) is 3. The van der Waals surface area contributed by atoms with Crippen molar-refractivity contribution in [2.75, 3.05) is 44.7 Å². The fraction of sp³-hybridized carbons (Fsp3) is 0.320. The van der Waals surface area contributed by atoms with Crippen LogP contribution in [-0.4, -0.2) is 79.8 Å². The van der Waals surface area contributed by atoms with Crippen molar-refractivity contribution in [3.8, 4) is 22.8 Å². The van der Waals surface area contributed by atoms with E-state index in [1.165, 1.54) is 0 Å². The first-order chi connectivity index (χ1) is 17.2. The molecule has 6 heterocycles. The molecular weight excluding hydrogens is 440 g/mol. The van der Waals surface area contributed by atoms with Crippen LogP contribution in [0, 0.1) is 0 Å². The van der Waals surface area contributed by atoms with Gasteiger partial charge in [-0.3, -0.25) is 10.1 Å². The van der Waals surface area contributed by atoms with Gasteiger partial charge in [0.15, 0.2) is 17.2 Å². The maximum Gasteiger partial charge on any atom is 0.180 e. The van der Waals surface area contributed by atoms with E-state index in [0.29, 0.717) is 17.2 Å². The summed E-state index contributed by atoms with van der Waals surface area (Å²) in [5, 5.41) is 11.0. The first-order valence-electron chi connectivity index (χ1n) is 12.0. The SMILES string of the molecule is CCNCc1cncc(-c2ccc3[nH]nc(-c4nc5nccc(N6CCN(C)CC6)c5[nH]4)c3n2)c1. The molecule has 10 nitrogen and oxygen atoms in total. The number of hydrogen-bond acceptors (Lipinski definition) is 8. The van der Waals surface area contributed by atoms with Crippen molar-refractivity contribution in [1.29, 1.82) is 0 Å². The first-order valence-corrected chi connectivity index (χ1v) is 12.0. The highest BCUT2D eigenvalue weighted by Crippen LogP contribution is 2.30. The van der Waals surface area contributed by atoms with E-state index in [1.807, 2.05) is 30.7 Å². The van der Waals surface area contributed by atoms with E-state index in [4.69, 9.17) is 9.97 Å². The summed E-state index contributed by atoms with van der Waals surface area (Å²) in [6.07, 6.45) is 5.55. The van der Waals surface area contributed by atoms with Crippen molar-refractivity contribution < 1.29 is 0 Å². The number of imidazole rings is 1. The topological polar surface area (TPSA) is 115 Å². The van der Waals surface area contributed by atoms with Crippen LogP contribution in [0.15, 0.2) is 42.9 Å². The Bertz CT molecular complexity index is 1480. The lowest BCUT2D eigenvalue weighted by Crippen LogP contribution is -2.44. The van der Waals surface area contributed by atoms with Crippen LogP contribution in [0.3, 0.4) is 0 Å². The molecule has 0 bridgehead atoms. The molecule has 0 saturated carbocycles. The maximum absolute atomic E-state index is 4.94. The van der Waals surface area contributed by atoms with Gasteiger partial charge in [0.05, 0.1) is 16.9 Å². The Morgan fingerprint density at radius 3 is 2.80 bits per heavy atom. The molecule has 0 amide bonds. The molecule has 1 fully saturated rings. The van der Waals surface area contributed by atoms with Gasteiger partial charge in [-0.15, -0.1) is 0 Å². The molecule has 0 atom stereocenters. The third kappa shape index (κ3) is 4.11. The Morgan fingerprint density at radius 1 is 1.06 bits per heavy atom. The molecule has 0 unspecified atom stereocenters. The van der Waals surface area contributed by atoms with Crippen molar-refractivity contribution >= 4 is 27.9 Å². The molecule has 6 rings (SSSR count). The second kappa shape index (κ2) is 9.05. The zero-order valence-electron chi connectivity index (χ0n) is 19.9. The van der Waals surface area contributed by atoms with Crippen LogP contribution in [0.25, 0.3) is 45.0 Å². The number of piperazine rings is 1. The fourth-order valence-electron chi connectivity index (χ4n) is 4.54. The van der Waals surface area contributed by atoms with Gasteiger partial charge in [-0.25, -0.2) is 15.0 Å². The fourth-order valence-corrected chi connectivity index (χ4v) is 4.54. The minimum atomic E-state index is 0.656. The lowest BCUT2D eigenvalue weighted by molar-refractivity contribution is 0.313. The number of rotatable bonds is 6. The van der Waals surface area contributed by atoms with Gasteiger partial charge in [-0.1, -0.05) is 6.92 Å². The lowest BCUT2D eigenvalue weighted by atomic mass is 10.1. The van der Waals surface area contributed by atoms with Crippen molar-refractivity contribution in [2.45, 2.75) is 13.5 Å². The predicted molar refractivity (Wildman–Crippen MR) is 137 cm³/mol. The highest BCUT2D eigenvalue weighted by atomic mass is 15.3. The van der Waals surface area contributed by atoms with Gasteiger partial charge in [0.1, 0.15) is 11.0 Å². The summed E-state index contributed by atoms with van der Waals surface area (Å²) in [7, 11) is 2.16. The van der Waals surface area contributed by atoms with Crippen LogP contribution in [0.1, 0.15) is 12.5 Å². The smallest absolute Gasteiger partial charge is 0.180 e. The van der Waals surface area contributed by atoms with Crippen molar-refractivity contribution in [3.63, 3.8) is 0 Å². The predicted octanol–water partition coefficient (Wildman–Crippen LogP) is 2.82. The van der Waals surface area contributed by atoms with Gasteiger partial charge in [0.25, 0.3) is 0 Å². The van der Waals surface area contributed by atoms with Crippen LogP contribution in [0.4, 0.5) is 5.69 Å². The third-order valence-corrected chi connectivity index (χ3v) is 6.52. The molecule has 5 aromatic heterocycles. The molecule has 1 saturated heterocycles. The Morgan fingerprint density at radius 2 is 1.94 bits per heavy atom. The molecular formula is C25H28N10. The summed E-state index contributed by atoms with van der Waals surface area (Å²) in [4.78, 5) is 26.9. The molecule has 5 aromatic rings. The molecule has 3 N–H and O–H groups in total. The molecule has 178 valence electrons. The van der Waals surface area contributed by atoms with E-state index in [0.717, 1.165) is 78.3 Å².